The van der Waals surface area contributed by atoms with E-state index in [2.05, 4.69) is 4.90 Å². The molecule has 6 heteroatoms. The minimum absolute atomic E-state index is 0.0398. The molecular weight excluding hydrogens is 311 g/mol. The van der Waals surface area contributed by atoms with Gasteiger partial charge < -0.3 is 14.7 Å². The van der Waals surface area contributed by atoms with Crippen molar-refractivity contribution in [2.75, 3.05) is 32.8 Å². The van der Waals surface area contributed by atoms with Crippen molar-refractivity contribution in [1.29, 1.82) is 0 Å². The lowest BCUT2D eigenvalue weighted by Crippen LogP contribution is -2.53. The van der Waals surface area contributed by atoms with Crippen LogP contribution in [0.2, 0.25) is 0 Å². The summed E-state index contributed by atoms with van der Waals surface area (Å²) in [7, 11) is 0. The number of aliphatic hydroxyl groups is 1. The van der Waals surface area contributed by atoms with E-state index in [1.807, 2.05) is 4.90 Å². The van der Waals surface area contributed by atoms with E-state index in [4.69, 9.17) is 4.74 Å². The molecule has 0 unspecified atom stereocenters. The molecule has 2 fully saturated rings. The highest BCUT2D eigenvalue weighted by molar-refractivity contribution is 5.76. The Morgan fingerprint density at radius 2 is 1.96 bits per heavy atom. The van der Waals surface area contributed by atoms with Crippen LogP contribution in [0.1, 0.15) is 25.7 Å². The lowest BCUT2D eigenvalue weighted by atomic mass is 10.1. The Balaban J connectivity index is 1.40. The molecule has 1 aliphatic carbocycles. The van der Waals surface area contributed by atoms with Crippen LogP contribution in [0.4, 0.5) is 4.39 Å². The van der Waals surface area contributed by atoms with Gasteiger partial charge in [0.2, 0.25) is 5.91 Å². The van der Waals surface area contributed by atoms with Crippen molar-refractivity contribution in [2.45, 2.75) is 37.8 Å². The second-order valence-electron chi connectivity index (χ2n) is 6.51. The molecule has 0 bridgehead atoms. The average molecular weight is 336 g/mol. The first-order chi connectivity index (χ1) is 11.6. The van der Waals surface area contributed by atoms with Gasteiger partial charge in [0.1, 0.15) is 0 Å². The van der Waals surface area contributed by atoms with E-state index < -0.39 is 5.82 Å². The van der Waals surface area contributed by atoms with Crippen LogP contribution in [-0.4, -0.2) is 65.7 Å². The van der Waals surface area contributed by atoms with Crippen molar-refractivity contribution in [3.05, 3.63) is 30.1 Å². The van der Waals surface area contributed by atoms with Crippen LogP contribution < -0.4 is 4.74 Å². The highest BCUT2D eigenvalue weighted by Gasteiger charge is 2.33. The number of piperazine rings is 1. The summed E-state index contributed by atoms with van der Waals surface area (Å²) in [4.78, 5) is 16.4. The summed E-state index contributed by atoms with van der Waals surface area (Å²) in [6.07, 6.45) is 3.04. The second kappa shape index (κ2) is 7.94. The number of benzene rings is 1. The molecule has 0 radical (unpaired) electrons. The number of amides is 1. The van der Waals surface area contributed by atoms with Crippen LogP contribution in [0.5, 0.6) is 5.75 Å². The van der Waals surface area contributed by atoms with Gasteiger partial charge in [-0.1, -0.05) is 12.1 Å². The fraction of sp³-hybridized carbons (Fsp3) is 0.611. The van der Waals surface area contributed by atoms with E-state index in [1.54, 1.807) is 18.2 Å². The number of aliphatic hydroxyl groups excluding tert-OH is 1. The zero-order chi connectivity index (χ0) is 16.9. The molecule has 24 heavy (non-hydrogen) atoms. The van der Waals surface area contributed by atoms with E-state index in [0.717, 1.165) is 32.4 Å². The van der Waals surface area contributed by atoms with Crippen LogP contribution in [0, 0.1) is 5.82 Å². The van der Waals surface area contributed by atoms with E-state index in [1.165, 1.54) is 6.07 Å². The lowest BCUT2D eigenvalue weighted by molar-refractivity contribution is -0.134. The molecule has 0 aromatic heterocycles. The fourth-order valence-electron chi connectivity index (χ4n) is 3.62. The molecule has 1 N–H and O–H groups in total. The normalized spacial score (nSPS) is 25.0. The monoisotopic (exact) mass is 336 g/mol. The van der Waals surface area contributed by atoms with E-state index in [9.17, 15) is 14.3 Å². The molecule has 1 saturated heterocycles. The Bertz CT molecular complexity index is 561. The van der Waals surface area contributed by atoms with Gasteiger partial charge in [-0.15, -0.1) is 0 Å². The third-order valence-electron chi connectivity index (χ3n) is 4.99. The SMILES string of the molecule is O=C(CCOc1ccccc1F)N1CCN([C@@H]2CCC[C@@H]2O)CC1. The van der Waals surface area contributed by atoms with Crippen LogP contribution in [-0.2, 0) is 4.79 Å². The standard InChI is InChI=1S/C18H25FN2O3/c19-14-4-1-2-7-17(14)24-13-8-18(23)21-11-9-20(10-12-21)15-5-3-6-16(15)22/h1-2,4,7,15-16,22H,3,5-6,8-13H2/t15-,16+/m1/s1. The number of hydrogen-bond donors (Lipinski definition) is 1. The number of carbonyl (C=O) groups excluding carboxylic acids is 1. The first kappa shape index (κ1) is 17.2. The van der Waals surface area contributed by atoms with Crippen LogP contribution in [0.25, 0.3) is 0 Å². The van der Waals surface area contributed by atoms with Gasteiger partial charge in [-0.3, -0.25) is 9.69 Å². The summed E-state index contributed by atoms with van der Waals surface area (Å²) in [5, 5.41) is 9.99. The maximum absolute atomic E-state index is 13.4. The molecule has 0 spiro atoms. The predicted octanol–water partition coefficient (Wildman–Crippen LogP) is 1.65. The smallest absolute Gasteiger partial charge is 0.226 e. The number of hydrogen-bond acceptors (Lipinski definition) is 4. The number of para-hydroxylation sites is 1. The third-order valence-corrected chi connectivity index (χ3v) is 4.99. The first-order valence-electron chi connectivity index (χ1n) is 8.72. The average Bonchev–Trinajstić information content (AvgIpc) is 3.03. The Hall–Kier alpha value is -1.66. The molecule has 1 aliphatic heterocycles. The van der Waals surface area contributed by atoms with Crippen molar-refractivity contribution in [3.8, 4) is 5.75 Å². The van der Waals surface area contributed by atoms with Crippen LogP contribution >= 0.6 is 0 Å². The summed E-state index contributed by atoms with van der Waals surface area (Å²) in [5.74, 6) is -0.183. The molecule has 2 atom stereocenters. The number of halogens is 1. The predicted molar refractivity (Wildman–Crippen MR) is 88.3 cm³/mol. The number of carbonyl (C=O) groups is 1. The molecule has 2 aliphatic rings. The highest BCUT2D eigenvalue weighted by atomic mass is 19.1. The van der Waals surface area contributed by atoms with Gasteiger partial charge in [0.15, 0.2) is 11.6 Å². The summed E-state index contributed by atoms with van der Waals surface area (Å²) < 4.78 is 18.8. The molecule has 5 nitrogen and oxygen atoms in total. The van der Waals surface area contributed by atoms with Crippen LogP contribution in [0.15, 0.2) is 24.3 Å². The summed E-state index contributed by atoms with van der Waals surface area (Å²) in [5.41, 5.74) is 0. The molecule has 1 aromatic rings. The van der Waals surface area contributed by atoms with Crippen molar-refractivity contribution in [3.63, 3.8) is 0 Å². The van der Waals surface area contributed by atoms with E-state index >= 15 is 0 Å². The zero-order valence-electron chi connectivity index (χ0n) is 13.9. The van der Waals surface area contributed by atoms with Gasteiger partial charge in [-0.2, -0.15) is 0 Å². The zero-order valence-corrected chi connectivity index (χ0v) is 13.9. The van der Waals surface area contributed by atoms with Gasteiger partial charge in [0, 0.05) is 32.2 Å². The Morgan fingerprint density at radius 1 is 1.21 bits per heavy atom. The van der Waals surface area contributed by atoms with E-state index in [0.29, 0.717) is 13.1 Å². The van der Waals surface area contributed by atoms with Crippen molar-refractivity contribution < 1.29 is 19.0 Å². The number of rotatable bonds is 5. The highest BCUT2D eigenvalue weighted by Crippen LogP contribution is 2.25. The molecular formula is C18H25FN2O3. The van der Waals surface area contributed by atoms with Gasteiger partial charge in [-0.25, -0.2) is 4.39 Å². The molecule has 1 aromatic carbocycles. The summed E-state index contributed by atoms with van der Waals surface area (Å²) in [6.45, 7) is 3.16. The van der Waals surface area contributed by atoms with Crippen LogP contribution in [0.3, 0.4) is 0 Å². The molecule has 1 heterocycles. The number of ether oxygens (including phenoxy) is 1. The third kappa shape index (κ3) is 4.05. The van der Waals surface area contributed by atoms with Gasteiger partial charge in [-0.05, 0) is 31.4 Å². The Labute approximate surface area is 142 Å². The van der Waals surface area contributed by atoms with Crippen molar-refractivity contribution >= 4 is 5.91 Å². The Kier molecular flexibility index (Phi) is 5.68. The quantitative estimate of drug-likeness (QED) is 0.888. The van der Waals surface area contributed by atoms with Crippen molar-refractivity contribution in [1.82, 2.24) is 9.80 Å². The minimum atomic E-state index is -0.409. The lowest BCUT2D eigenvalue weighted by Gasteiger charge is -2.39. The van der Waals surface area contributed by atoms with E-state index in [-0.39, 0.29) is 36.8 Å². The topological polar surface area (TPSA) is 53.0 Å². The van der Waals surface area contributed by atoms with Gasteiger partial charge in [0.05, 0.1) is 19.1 Å². The van der Waals surface area contributed by atoms with Crippen molar-refractivity contribution in [2.24, 2.45) is 0 Å². The molecule has 132 valence electrons. The maximum atomic E-state index is 13.4. The van der Waals surface area contributed by atoms with Gasteiger partial charge in [0.25, 0.3) is 0 Å². The maximum Gasteiger partial charge on any atom is 0.226 e. The summed E-state index contributed by atoms with van der Waals surface area (Å²) >= 11 is 0. The first-order valence-corrected chi connectivity index (χ1v) is 8.72. The largest absolute Gasteiger partial charge is 0.490 e. The number of nitrogens with zero attached hydrogens (tertiary/aromatic N) is 2. The Morgan fingerprint density at radius 3 is 2.62 bits per heavy atom. The molecule has 3 rings (SSSR count). The van der Waals surface area contributed by atoms with Gasteiger partial charge >= 0.3 is 0 Å². The molecule has 1 saturated carbocycles. The molecule has 1 amide bonds. The minimum Gasteiger partial charge on any atom is -0.490 e. The second-order valence-corrected chi connectivity index (χ2v) is 6.51. The fourth-order valence-corrected chi connectivity index (χ4v) is 3.62. The summed E-state index contributed by atoms with van der Waals surface area (Å²) in [6, 6.07) is 6.47.